The van der Waals surface area contributed by atoms with E-state index in [-0.39, 0.29) is 30.3 Å². The van der Waals surface area contributed by atoms with E-state index in [1.165, 1.54) is 0 Å². The van der Waals surface area contributed by atoms with Crippen molar-refractivity contribution in [2.75, 3.05) is 19.3 Å². The van der Waals surface area contributed by atoms with E-state index in [9.17, 15) is 13.2 Å². The van der Waals surface area contributed by atoms with E-state index in [1.54, 1.807) is 0 Å². The lowest BCUT2D eigenvalue weighted by Crippen LogP contribution is -2.59. The zero-order chi connectivity index (χ0) is 14.0. The van der Waals surface area contributed by atoms with Crippen LogP contribution in [-0.2, 0) is 14.6 Å². The second-order valence-electron chi connectivity index (χ2n) is 5.52. The van der Waals surface area contributed by atoms with E-state index in [0.29, 0.717) is 25.9 Å². The van der Waals surface area contributed by atoms with Crippen LogP contribution >= 0.6 is 12.4 Å². The zero-order valence-corrected chi connectivity index (χ0v) is 13.7. The van der Waals surface area contributed by atoms with Crippen LogP contribution in [0.2, 0.25) is 0 Å². The highest BCUT2D eigenvalue weighted by Crippen LogP contribution is 2.28. The van der Waals surface area contributed by atoms with Crippen molar-refractivity contribution in [3.05, 3.63) is 0 Å². The van der Waals surface area contributed by atoms with Crippen molar-refractivity contribution in [3.8, 4) is 0 Å². The van der Waals surface area contributed by atoms with Crippen LogP contribution in [0, 0.1) is 5.92 Å². The van der Waals surface area contributed by atoms with E-state index in [1.807, 2.05) is 20.8 Å². The summed E-state index contributed by atoms with van der Waals surface area (Å²) in [7, 11) is -3.41. The molecule has 0 aromatic rings. The molecule has 0 radical (unpaired) electrons. The van der Waals surface area contributed by atoms with Gasteiger partial charge in [-0.25, -0.2) is 8.42 Å². The van der Waals surface area contributed by atoms with Gasteiger partial charge in [-0.15, -0.1) is 12.4 Å². The number of sulfone groups is 1. The number of carbonyl (C=O) groups excluding carboxylic acids is 1. The highest BCUT2D eigenvalue weighted by atomic mass is 35.5. The predicted molar refractivity (Wildman–Crippen MR) is 79.4 cm³/mol. The molecule has 2 N–H and O–H groups in total. The molecule has 1 aliphatic heterocycles. The highest BCUT2D eigenvalue weighted by molar-refractivity contribution is 7.92. The lowest BCUT2D eigenvalue weighted by Gasteiger charge is -2.35. The smallest absolute Gasteiger partial charge is 0.241 e. The summed E-state index contributed by atoms with van der Waals surface area (Å²) in [4.78, 5) is 12.4. The Morgan fingerprint density at radius 3 is 2.05 bits per heavy atom. The van der Waals surface area contributed by atoms with Crippen LogP contribution in [-0.4, -0.2) is 44.5 Å². The second kappa shape index (κ2) is 6.90. The third-order valence-corrected chi connectivity index (χ3v) is 5.91. The molecular formula is C12H25ClN2O3S. The number of halogens is 1. The molecule has 0 aromatic carbocycles. The molecule has 1 fully saturated rings. The van der Waals surface area contributed by atoms with Gasteiger partial charge in [0.2, 0.25) is 5.91 Å². The molecule has 1 heterocycles. The second-order valence-corrected chi connectivity index (χ2v) is 7.85. The van der Waals surface area contributed by atoms with Crippen molar-refractivity contribution in [2.45, 2.75) is 44.4 Å². The Balaban J connectivity index is 0.00000324. The number of hydrogen-bond donors (Lipinski definition) is 2. The maximum atomic E-state index is 12.4. The van der Waals surface area contributed by atoms with Gasteiger partial charge in [-0.3, -0.25) is 4.79 Å². The Morgan fingerprint density at radius 2 is 1.68 bits per heavy atom. The monoisotopic (exact) mass is 312 g/mol. The summed E-state index contributed by atoms with van der Waals surface area (Å²) in [5.74, 6) is -0.0556. The summed E-state index contributed by atoms with van der Waals surface area (Å²) in [6.45, 7) is 7.04. The summed E-state index contributed by atoms with van der Waals surface area (Å²) < 4.78 is 22.8. The van der Waals surface area contributed by atoms with Gasteiger partial charge in [0.25, 0.3) is 0 Å². The van der Waals surface area contributed by atoms with Crippen molar-refractivity contribution in [1.29, 1.82) is 0 Å². The normalized spacial score (nSPS) is 20.5. The molecule has 1 unspecified atom stereocenters. The third-order valence-electron chi connectivity index (χ3n) is 3.89. The van der Waals surface area contributed by atoms with Crippen molar-refractivity contribution in [2.24, 2.45) is 5.92 Å². The standard InChI is InChI=1S/C12H24N2O3S.ClH/c1-9(2)10(3)14-11(15)12(18(4,16)17)5-7-13-8-6-12;/h9-10,13H,5-8H2,1-4H3,(H,14,15);1H. The highest BCUT2D eigenvalue weighted by Gasteiger charge is 2.48. The maximum absolute atomic E-state index is 12.4. The van der Waals surface area contributed by atoms with Crippen LogP contribution in [0.15, 0.2) is 0 Å². The first kappa shape index (κ1) is 18.7. The molecule has 0 saturated carbocycles. The van der Waals surface area contributed by atoms with Gasteiger partial charge >= 0.3 is 0 Å². The van der Waals surface area contributed by atoms with Crippen LogP contribution in [0.5, 0.6) is 0 Å². The molecule has 114 valence electrons. The first-order valence-corrected chi connectivity index (χ1v) is 8.31. The lowest BCUT2D eigenvalue weighted by molar-refractivity contribution is -0.125. The van der Waals surface area contributed by atoms with E-state index >= 15 is 0 Å². The molecule has 1 saturated heterocycles. The Bertz CT molecular complexity index is 403. The SMILES string of the molecule is CC(C)C(C)NC(=O)C1(S(C)(=O)=O)CCNCC1.Cl. The summed E-state index contributed by atoms with van der Waals surface area (Å²) in [5.41, 5.74) is 0. The van der Waals surface area contributed by atoms with Gasteiger partial charge in [-0.05, 0) is 38.8 Å². The van der Waals surface area contributed by atoms with Gasteiger partial charge in [0.15, 0.2) is 14.6 Å². The zero-order valence-electron chi connectivity index (χ0n) is 12.0. The quantitative estimate of drug-likeness (QED) is 0.803. The third kappa shape index (κ3) is 4.07. The molecular weight excluding hydrogens is 288 g/mol. The van der Waals surface area contributed by atoms with Crippen molar-refractivity contribution >= 4 is 28.2 Å². The van der Waals surface area contributed by atoms with Crippen LogP contribution in [0.3, 0.4) is 0 Å². The first-order valence-electron chi connectivity index (χ1n) is 6.42. The first-order chi connectivity index (χ1) is 8.21. The van der Waals surface area contributed by atoms with Gasteiger partial charge in [0.1, 0.15) is 0 Å². The van der Waals surface area contributed by atoms with Gasteiger partial charge in [0.05, 0.1) is 0 Å². The number of nitrogens with one attached hydrogen (secondary N) is 2. The Kier molecular flexibility index (Phi) is 6.78. The molecule has 1 aliphatic rings. The minimum absolute atomic E-state index is 0. The van der Waals surface area contributed by atoms with Gasteiger partial charge in [0, 0.05) is 12.3 Å². The molecule has 1 rings (SSSR count). The number of amides is 1. The van der Waals surface area contributed by atoms with Crippen LogP contribution < -0.4 is 10.6 Å². The molecule has 5 nitrogen and oxygen atoms in total. The fourth-order valence-electron chi connectivity index (χ4n) is 2.10. The van der Waals surface area contributed by atoms with Crippen LogP contribution in [0.25, 0.3) is 0 Å². The fourth-order valence-corrected chi connectivity index (χ4v) is 3.44. The van der Waals surface area contributed by atoms with Crippen LogP contribution in [0.1, 0.15) is 33.6 Å². The van der Waals surface area contributed by atoms with E-state index in [4.69, 9.17) is 0 Å². The number of hydrogen-bond acceptors (Lipinski definition) is 4. The minimum atomic E-state index is -3.41. The van der Waals surface area contributed by atoms with E-state index < -0.39 is 14.6 Å². The van der Waals surface area contributed by atoms with Crippen molar-refractivity contribution in [3.63, 3.8) is 0 Å². The Hall–Kier alpha value is -0.330. The molecule has 7 heteroatoms. The van der Waals surface area contributed by atoms with Crippen molar-refractivity contribution < 1.29 is 13.2 Å². The van der Waals surface area contributed by atoms with Crippen LogP contribution in [0.4, 0.5) is 0 Å². The van der Waals surface area contributed by atoms with Gasteiger partial charge in [-0.2, -0.15) is 0 Å². The summed E-state index contributed by atoms with van der Waals surface area (Å²) in [6, 6.07) is -0.0222. The molecule has 0 bridgehead atoms. The Morgan fingerprint density at radius 1 is 1.21 bits per heavy atom. The van der Waals surface area contributed by atoms with Crippen molar-refractivity contribution in [1.82, 2.24) is 10.6 Å². The summed E-state index contributed by atoms with van der Waals surface area (Å²) in [5, 5.41) is 5.95. The number of carbonyl (C=O) groups is 1. The molecule has 19 heavy (non-hydrogen) atoms. The van der Waals surface area contributed by atoms with Gasteiger partial charge in [-0.1, -0.05) is 13.8 Å². The average Bonchev–Trinajstić information content (AvgIpc) is 2.28. The molecule has 0 aromatic heterocycles. The van der Waals surface area contributed by atoms with E-state index in [2.05, 4.69) is 10.6 Å². The number of rotatable bonds is 4. The molecule has 0 spiro atoms. The Labute approximate surface area is 122 Å². The maximum Gasteiger partial charge on any atom is 0.241 e. The molecule has 0 aliphatic carbocycles. The van der Waals surface area contributed by atoms with E-state index in [0.717, 1.165) is 6.26 Å². The fraction of sp³-hybridized carbons (Fsp3) is 0.917. The predicted octanol–water partition coefficient (Wildman–Crippen LogP) is 0.736. The molecule has 1 atom stereocenters. The topological polar surface area (TPSA) is 75.3 Å². The lowest BCUT2D eigenvalue weighted by atomic mass is 9.94. The van der Waals surface area contributed by atoms with Gasteiger partial charge < -0.3 is 10.6 Å². The summed E-state index contributed by atoms with van der Waals surface area (Å²) in [6.07, 6.45) is 1.86. The summed E-state index contributed by atoms with van der Waals surface area (Å²) >= 11 is 0. The average molecular weight is 313 g/mol. The minimum Gasteiger partial charge on any atom is -0.352 e. The number of piperidine rings is 1. The largest absolute Gasteiger partial charge is 0.352 e. The molecule has 1 amide bonds.